The van der Waals surface area contributed by atoms with E-state index in [4.69, 9.17) is 16.4 Å². The summed E-state index contributed by atoms with van der Waals surface area (Å²) in [5.74, 6) is 5.64. The van der Waals surface area contributed by atoms with E-state index in [9.17, 15) is 18.0 Å². The fraction of sp³-hybridized carbons (Fsp3) is 0.200. The predicted octanol–water partition coefficient (Wildman–Crippen LogP) is 5.27. The molecular weight excluding hydrogens is 533 g/mol. The average molecular weight is 567 g/mol. The molecular formula is C30H33F3N6O2. The fourth-order valence-electron chi connectivity index (χ4n) is 4.23. The Morgan fingerprint density at radius 1 is 1.20 bits per heavy atom. The lowest BCUT2D eigenvalue weighted by molar-refractivity contribution is -0.132. The number of aryl methyl sites for hydroxylation is 1. The number of carbonyl (C=O) groups excluding carboxylic acids is 1. The Hall–Kier alpha value is -4.61. The van der Waals surface area contributed by atoms with Crippen LogP contribution < -0.4 is 26.8 Å². The van der Waals surface area contributed by atoms with E-state index in [1.54, 1.807) is 56.6 Å². The molecule has 0 atom stereocenters. The number of nitrogens with two attached hydrogens (primary N) is 2. The topological polar surface area (TPSA) is 110 Å². The molecule has 3 rings (SSSR count). The lowest BCUT2D eigenvalue weighted by atomic mass is 10.0. The van der Waals surface area contributed by atoms with Crippen LogP contribution in [0.15, 0.2) is 73.6 Å². The number of pyridine rings is 1. The summed E-state index contributed by atoms with van der Waals surface area (Å²) in [6.07, 6.45) is 3.20. The van der Waals surface area contributed by atoms with Gasteiger partial charge >= 0.3 is 6.18 Å². The molecule has 1 heterocycles. The van der Waals surface area contributed by atoms with Crippen LogP contribution in [0.4, 0.5) is 18.9 Å². The first-order valence-corrected chi connectivity index (χ1v) is 12.6. The van der Waals surface area contributed by atoms with Gasteiger partial charge in [0, 0.05) is 41.8 Å². The van der Waals surface area contributed by atoms with Gasteiger partial charge in [0.05, 0.1) is 11.4 Å². The molecule has 5 N–H and O–H groups in total. The number of amides is 1. The highest BCUT2D eigenvalue weighted by atomic mass is 19.4. The van der Waals surface area contributed by atoms with Crippen LogP contribution in [0.2, 0.25) is 0 Å². The maximum atomic E-state index is 13.6. The van der Waals surface area contributed by atoms with E-state index in [0.29, 0.717) is 27.3 Å². The molecule has 216 valence electrons. The minimum absolute atomic E-state index is 0.0686. The maximum Gasteiger partial charge on any atom is 0.406 e. The van der Waals surface area contributed by atoms with E-state index < -0.39 is 25.2 Å². The van der Waals surface area contributed by atoms with Crippen LogP contribution in [0.5, 0.6) is 5.75 Å². The van der Waals surface area contributed by atoms with Crippen LogP contribution in [-0.2, 0) is 4.79 Å². The number of halogens is 3. The fourth-order valence-corrected chi connectivity index (χ4v) is 4.23. The van der Waals surface area contributed by atoms with Crippen LogP contribution in [0.1, 0.15) is 29.3 Å². The molecule has 3 aromatic rings. The van der Waals surface area contributed by atoms with Crippen molar-refractivity contribution in [3.8, 4) is 16.9 Å². The molecule has 41 heavy (non-hydrogen) atoms. The number of hydrazine groups is 1. The third kappa shape index (κ3) is 8.19. The number of hydroxylamine groups is 1. The van der Waals surface area contributed by atoms with Gasteiger partial charge in [0.1, 0.15) is 13.1 Å². The van der Waals surface area contributed by atoms with E-state index in [1.165, 1.54) is 18.3 Å². The molecule has 0 aliphatic rings. The Labute approximate surface area is 237 Å². The van der Waals surface area contributed by atoms with Crippen molar-refractivity contribution in [1.29, 1.82) is 0 Å². The van der Waals surface area contributed by atoms with Crippen molar-refractivity contribution in [1.82, 2.24) is 15.5 Å². The number of hydrogen-bond acceptors (Lipinski definition) is 7. The summed E-state index contributed by atoms with van der Waals surface area (Å²) in [6, 6.07) is 13.7. The zero-order chi connectivity index (χ0) is 30.2. The molecule has 1 amide bonds. The van der Waals surface area contributed by atoms with Crippen molar-refractivity contribution in [2.75, 3.05) is 25.0 Å². The van der Waals surface area contributed by atoms with Crippen LogP contribution in [-0.4, -0.2) is 42.2 Å². The number of carbonyl (C=O) groups is 1. The number of alkyl halides is 3. The molecule has 0 spiro atoms. The van der Waals surface area contributed by atoms with Gasteiger partial charge in [-0.3, -0.25) is 9.78 Å². The molecule has 0 unspecified atom stereocenters. The van der Waals surface area contributed by atoms with E-state index in [0.717, 1.165) is 21.8 Å². The molecule has 0 aliphatic carbocycles. The van der Waals surface area contributed by atoms with Gasteiger partial charge in [0.25, 0.3) is 0 Å². The van der Waals surface area contributed by atoms with Crippen molar-refractivity contribution in [3.05, 3.63) is 96.0 Å². The number of nitrogens with zero attached hydrogens (tertiary/aromatic N) is 3. The molecule has 0 saturated carbocycles. The smallest absolute Gasteiger partial charge is 0.406 e. The molecule has 0 aliphatic heterocycles. The van der Waals surface area contributed by atoms with Gasteiger partial charge in [-0.05, 0) is 55.3 Å². The molecule has 2 aromatic carbocycles. The number of allylic oxidation sites excluding steroid dienone is 1. The Balaban J connectivity index is 1.90. The number of anilines is 1. The third-order valence-corrected chi connectivity index (χ3v) is 5.95. The van der Waals surface area contributed by atoms with Crippen molar-refractivity contribution < 1.29 is 22.8 Å². The quantitative estimate of drug-likeness (QED) is 0.214. The lowest BCUT2D eigenvalue weighted by Crippen LogP contribution is -2.45. The number of rotatable bonds is 11. The predicted molar refractivity (Wildman–Crippen MR) is 157 cm³/mol. The van der Waals surface area contributed by atoms with Crippen LogP contribution in [0.3, 0.4) is 0 Å². The van der Waals surface area contributed by atoms with E-state index in [1.807, 2.05) is 25.1 Å². The number of aromatic nitrogens is 1. The summed E-state index contributed by atoms with van der Waals surface area (Å²) in [5, 5.41) is 0.948. The standard InChI is InChI=1S/C30H33F3N6O2/c1-5-8-21-9-7-10-27(24(21)6-2)39(19-30(31,32)33)29(40)18-38(35)17-26(34)23-11-12-25(28(16-23)41-36-4)22-13-14-37-20(3)15-22/h5-17,36H,2,18-19,34-35H2,1,3-4H3/b8-5-,26-17-. The summed E-state index contributed by atoms with van der Waals surface area (Å²) >= 11 is 0. The van der Waals surface area contributed by atoms with E-state index in [2.05, 4.69) is 17.0 Å². The van der Waals surface area contributed by atoms with Crippen molar-refractivity contribution in [2.24, 2.45) is 11.6 Å². The van der Waals surface area contributed by atoms with E-state index >= 15 is 0 Å². The van der Waals surface area contributed by atoms with Gasteiger partial charge in [0.2, 0.25) is 5.91 Å². The van der Waals surface area contributed by atoms with Crippen molar-refractivity contribution in [2.45, 2.75) is 20.0 Å². The average Bonchev–Trinajstić information content (AvgIpc) is 2.91. The second kappa shape index (κ2) is 13.6. The third-order valence-electron chi connectivity index (χ3n) is 5.95. The highest BCUT2D eigenvalue weighted by molar-refractivity contribution is 5.97. The second-order valence-corrected chi connectivity index (χ2v) is 9.04. The van der Waals surface area contributed by atoms with Gasteiger partial charge in [-0.15, -0.1) is 0 Å². The van der Waals surface area contributed by atoms with Crippen molar-refractivity contribution in [3.63, 3.8) is 0 Å². The Kier molecular flexibility index (Phi) is 10.3. The molecule has 0 radical (unpaired) electrons. The minimum atomic E-state index is -4.65. The summed E-state index contributed by atoms with van der Waals surface area (Å²) in [4.78, 5) is 23.7. The highest BCUT2D eigenvalue weighted by Crippen LogP contribution is 2.33. The molecule has 0 saturated heterocycles. The normalized spacial score (nSPS) is 11.9. The van der Waals surface area contributed by atoms with Gasteiger partial charge in [-0.1, -0.05) is 43.0 Å². The van der Waals surface area contributed by atoms with E-state index in [-0.39, 0.29) is 11.4 Å². The summed E-state index contributed by atoms with van der Waals surface area (Å²) in [7, 11) is 1.61. The van der Waals surface area contributed by atoms with Crippen molar-refractivity contribution >= 4 is 29.4 Å². The Morgan fingerprint density at radius 3 is 2.59 bits per heavy atom. The van der Waals surface area contributed by atoms with Gasteiger partial charge < -0.3 is 20.5 Å². The summed E-state index contributed by atoms with van der Waals surface area (Å²) < 4.78 is 40.7. The second-order valence-electron chi connectivity index (χ2n) is 9.04. The van der Waals surface area contributed by atoms with Gasteiger partial charge in [-0.2, -0.15) is 18.7 Å². The SMILES string of the molecule is C=Cc1c(/C=C\C)cccc1N(CC(F)(F)F)C(=O)CN(N)/C=C(\N)c1ccc(-c2ccnc(C)c2)c(ONC)c1. The molecule has 8 nitrogen and oxygen atoms in total. The Bertz CT molecular complexity index is 1450. The number of hydrogen-bond donors (Lipinski definition) is 3. The number of nitrogens with one attached hydrogen (secondary N) is 1. The molecule has 11 heteroatoms. The highest BCUT2D eigenvalue weighted by Gasteiger charge is 2.35. The minimum Gasteiger partial charge on any atom is -0.408 e. The first-order chi connectivity index (χ1) is 19.5. The molecule has 1 aromatic heterocycles. The van der Waals surface area contributed by atoms with Crippen LogP contribution >= 0.6 is 0 Å². The maximum absolute atomic E-state index is 13.6. The monoisotopic (exact) mass is 566 g/mol. The van der Waals surface area contributed by atoms with Crippen LogP contribution in [0, 0.1) is 6.92 Å². The molecule has 0 bridgehead atoms. The zero-order valence-corrected chi connectivity index (χ0v) is 23.1. The van der Waals surface area contributed by atoms with Gasteiger partial charge in [-0.25, -0.2) is 5.84 Å². The summed E-state index contributed by atoms with van der Waals surface area (Å²) in [5.41, 5.74) is 13.2. The molecule has 0 fully saturated rings. The lowest BCUT2D eigenvalue weighted by Gasteiger charge is -2.28. The zero-order valence-electron chi connectivity index (χ0n) is 23.1. The number of benzene rings is 2. The Morgan fingerprint density at radius 2 is 1.95 bits per heavy atom. The first-order valence-electron chi connectivity index (χ1n) is 12.6. The van der Waals surface area contributed by atoms with Crippen LogP contribution in [0.25, 0.3) is 29.0 Å². The largest absolute Gasteiger partial charge is 0.408 e. The van der Waals surface area contributed by atoms with Gasteiger partial charge in [0.15, 0.2) is 5.75 Å². The first kappa shape index (κ1) is 30.9. The summed E-state index contributed by atoms with van der Waals surface area (Å²) in [6.45, 7) is 5.31.